The van der Waals surface area contributed by atoms with Gasteiger partial charge in [-0.2, -0.15) is 23.4 Å². The molecule has 134 valence electrons. The summed E-state index contributed by atoms with van der Waals surface area (Å²) in [7, 11) is 0. The SMILES string of the molecule is Cl.N=CN(N)N=Cc1cccc(OCc2ccc(C(F)(F)F)cc2)c1. The molecule has 2 aromatic rings. The number of hydrogen-bond donors (Lipinski definition) is 2. The quantitative estimate of drug-likeness (QED) is 0.350. The first kappa shape index (κ1) is 20.5. The third-order valence-electron chi connectivity index (χ3n) is 3.02. The van der Waals surface area contributed by atoms with Gasteiger partial charge in [-0.3, -0.25) is 5.41 Å². The van der Waals surface area contributed by atoms with Crippen molar-refractivity contribution in [1.82, 2.24) is 5.12 Å². The molecule has 2 rings (SSSR count). The maximum absolute atomic E-state index is 12.5. The number of nitrogens with one attached hydrogen (secondary N) is 1. The van der Waals surface area contributed by atoms with Crippen molar-refractivity contribution in [2.24, 2.45) is 10.9 Å². The molecule has 0 aliphatic carbocycles. The maximum atomic E-state index is 12.5. The summed E-state index contributed by atoms with van der Waals surface area (Å²) in [6.45, 7) is 0.141. The average Bonchev–Trinajstić information content (AvgIpc) is 2.58. The number of benzene rings is 2. The van der Waals surface area contributed by atoms with Crippen LogP contribution in [0, 0.1) is 5.41 Å². The Labute approximate surface area is 148 Å². The van der Waals surface area contributed by atoms with Crippen LogP contribution in [0.2, 0.25) is 0 Å². The van der Waals surface area contributed by atoms with E-state index < -0.39 is 11.7 Å². The van der Waals surface area contributed by atoms with Crippen LogP contribution in [-0.4, -0.2) is 17.7 Å². The molecular weight excluding hydrogens is 357 g/mol. The minimum atomic E-state index is -4.35. The van der Waals surface area contributed by atoms with E-state index in [-0.39, 0.29) is 19.0 Å². The molecule has 5 nitrogen and oxygen atoms in total. The lowest BCUT2D eigenvalue weighted by molar-refractivity contribution is -0.137. The van der Waals surface area contributed by atoms with Crippen molar-refractivity contribution in [2.45, 2.75) is 12.8 Å². The third-order valence-corrected chi connectivity index (χ3v) is 3.02. The Balaban J connectivity index is 0.00000312. The standard InChI is InChI=1S/C16H15F3N4O.ClH/c17-16(18,19)14-6-4-12(5-7-14)10-24-15-3-1-2-13(8-15)9-22-23(21)11-20;/h1-9,11,20H,10,21H2;1H. The number of nitrogens with two attached hydrogens (primary N) is 1. The number of hydrogen-bond acceptors (Lipinski definition) is 4. The highest BCUT2D eigenvalue weighted by Gasteiger charge is 2.29. The zero-order valence-electron chi connectivity index (χ0n) is 12.9. The molecule has 0 amide bonds. The zero-order valence-corrected chi connectivity index (χ0v) is 13.7. The second-order valence-corrected chi connectivity index (χ2v) is 4.81. The Kier molecular flexibility index (Phi) is 7.41. The van der Waals surface area contributed by atoms with Gasteiger partial charge in [0.1, 0.15) is 18.7 Å². The number of nitrogens with zero attached hydrogens (tertiary/aromatic N) is 2. The molecule has 0 aromatic heterocycles. The van der Waals surface area contributed by atoms with Crippen LogP contribution < -0.4 is 10.6 Å². The van der Waals surface area contributed by atoms with Crippen LogP contribution in [0.4, 0.5) is 13.2 Å². The first-order valence-electron chi connectivity index (χ1n) is 6.86. The molecule has 0 bridgehead atoms. The van der Waals surface area contributed by atoms with Crippen molar-refractivity contribution < 1.29 is 17.9 Å². The van der Waals surface area contributed by atoms with Crippen molar-refractivity contribution in [1.29, 1.82) is 5.41 Å². The summed E-state index contributed by atoms with van der Waals surface area (Å²) in [5.74, 6) is 5.86. The van der Waals surface area contributed by atoms with Gasteiger partial charge in [0.05, 0.1) is 11.8 Å². The van der Waals surface area contributed by atoms with E-state index in [0.29, 0.717) is 16.9 Å². The Morgan fingerprint density at radius 2 is 1.84 bits per heavy atom. The normalized spacial score (nSPS) is 11.0. The lowest BCUT2D eigenvalue weighted by atomic mass is 10.1. The smallest absolute Gasteiger partial charge is 0.416 e. The molecule has 0 atom stereocenters. The molecule has 0 heterocycles. The van der Waals surface area contributed by atoms with Gasteiger partial charge in [-0.15, -0.1) is 12.4 Å². The van der Waals surface area contributed by atoms with E-state index in [0.717, 1.165) is 23.6 Å². The van der Waals surface area contributed by atoms with Gasteiger partial charge in [0.2, 0.25) is 0 Å². The van der Waals surface area contributed by atoms with Crippen LogP contribution in [0.25, 0.3) is 0 Å². The minimum absolute atomic E-state index is 0. The average molecular weight is 373 g/mol. The highest BCUT2D eigenvalue weighted by Crippen LogP contribution is 2.29. The predicted octanol–water partition coefficient (Wildman–Crippen LogP) is 3.82. The molecule has 25 heavy (non-hydrogen) atoms. The summed E-state index contributed by atoms with van der Waals surface area (Å²) in [6, 6.07) is 11.7. The minimum Gasteiger partial charge on any atom is -0.489 e. The summed E-state index contributed by atoms with van der Waals surface area (Å²) in [4.78, 5) is 0. The van der Waals surface area contributed by atoms with Crippen LogP contribution in [-0.2, 0) is 12.8 Å². The van der Waals surface area contributed by atoms with Crippen LogP contribution in [0.5, 0.6) is 5.75 Å². The van der Waals surface area contributed by atoms with E-state index in [9.17, 15) is 13.2 Å². The topological polar surface area (TPSA) is 74.7 Å². The Hall–Kier alpha value is -2.58. The number of hydrazine groups is 1. The fraction of sp³-hybridized carbons (Fsp3) is 0.125. The summed E-state index contributed by atoms with van der Waals surface area (Å²) in [6.07, 6.45) is -2.04. The van der Waals surface area contributed by atoms with Crippen LogP contribution in [0.15, 0.2) is 53.6 Å². The highest BCUT2D eigenvalue weighted by atomic mass is 35.5. The second kappa shape index (κ2) is 9.05. The molecule has 0 radical (unpaired) electrons. The van der Waals surface area contributed by atoms with Gasteiger partial charge >= 0.3 is 6.18 Å². The molecular formula is C16H16ClF3N4O. The number of alkyl halides is 3. The van der Waals surface area contributed by atoms with Gasteiger partial charge in [-0.25, -0.2) is 5.84 Å². The Bertz CT molecular complexity index is 720. The second-order valence-electron chi connectivity index (χ2n) is 4.81. The van der Waals surface area contributed by atoms with E-state index in [1.807, 2.05) is 0 Å². The van der Waals surface area contributed by atoms with Crippen molar-refractivity contribution in [3.63, 3.8) is 0 Å². The van der Waals surface area contributed by atoms with Crippen LogP contribution >= 0.6 is 12.4 Å². The molecule has 0 unspecified atom stereocenters. The molecule has 0 aliphatic rings. The maximum Gasteiger partial charge on any atom is 0.416 e. The number of halogens is 4. The summed E-state index contributed by atoms with van der Waals surface area (Å²) in [5, 5.41) is 11.5. The fourth-order valence-corrected chi connectivity index (χ4v) is 1.81. The summed E-state index contributed by atoms with van der Waals surface area (Å²) in [5.41, 5.74) is 0.637. The number of hydrazone groups is 1. The lowest BCUT2D eigenvalue weighted by Gasteiger charge is -2.09. The highest BCUT2D eigenvalue weighted by molar-refractivity contribution is 5.85. The molecule has 3 N–H and O–H groups in total. The van der Waals surface area contributed by atoms with E-state index in [4.69, 9.17) is 16.0 Å². The molecule has 0 spiro atoms. The van der Waals surface area contributed by atoms with Crippen LogP contribution in [0.3, 0.4) is 0 Å². The van der Waals surface area contributed by atoms with Crippen molar-refractivity contribution >= 4 is 25.0 Å². The van der Waals surface area contributed by atoms with Crippen molar-refractivity contribution in [3.05, 3.63) is 65.2 Å². The third kappa shape index (κ3) is 6.44. The first-order chi connectivity index (χ1) is 11.4. The molecule has 2 aromatic carbocycles. The van der Waals surface area contributed by atoms with Crippen molar-refractivity contribution in [2.75, 3.05) is 0 Å². The van der Waals surface area contributed by atoms with Gasteiger partial charge in [-0.05, 0) is 35.4 Å². The Morgan fingerprint density at radius 3 is 2.44 bits per heavy atom. The summed E-state index contributed by atoms with van der Waals surface area (Å²) < 4.78 is 43.1. The van der Waals surface area contributed by atoms with Crippen LogP contribution in [0.1, 0.15) is 16.7 Å². The molecule has 0 aliphatic heterocycles. The lowest BCUT2D eigenvalue weighted by Crippen LogP contribution is -2.22. The van der Waals surface area contributed by atoms with Gasteiger partial charge in [0, 0.05) is 0 Å². The van der Waals surface area contributed by atoms with Gasteiger partial charge in [0.25, 0.3) is 0 Å². The number of ether oxygens (including phenoxy) is 1. The molecule has 0 saturated heterocycles. The number of rotatable bonds is 6. The largest absolute Gasteiger partial charge is 0.489 e. The van der Waals surface area contributed by atoms with E-state index in [2.05, 4.69) is 5.10 Å². The zero-order chi connectivity index (χ0) is 17.6. The van der Waals surface area contributed by atoms with Gasteiger partial charge in [-0.1, -0.05) is 24.3 Å². The summed E-state index contributed by atoms with van der Waals surface area (Å²) >= 11 is 0. The van der Waals surface area contributed by atoms with E-state index in [1.54, 1.807) is 24.3 Å². The predicted molar refractivity (Wildman–Crippen MR) is 91.9 cm³/mol. The van der Waals surface area contributed by atoms with Crippen molar-refractivity contribution in [3.8, 4) is 5.75 Å². The van der Waals surface area contributed by atoms with Gasteiger partial charge < -0.3 is 4.74 Å². The van der Waals surface area contributed by atoms with Gasteiger partial charge in [0.15, 0.2) is 0 Å². The molecule has 0 fully saturated rings. The fourth-order valence-electron chi connectivity index (χ4n) is 1.81. The first-order valence-corrected chi connectivity index (χ1v) is 6.86. The van der Waals surface area contributed by atoms with E-state index >= 15 is 0 Å². The molecule has 9 heteroatoms. The molecule has 0 saturated carbocycles. The Morgan fingerprint density at radius 1 is 1.16 bits per heavy atom. The monoisotopic (exact) mass is 372 g/mol. The van der Waals surface area contributed by atoms with E-state index in [1.165, 1.54) is 18.3 Å².